The number of fused-ring (bicyclic) bond motifs is 2. The van der Waals surface area contributed by atoms with Crippen LogP contribution in [0.15, 0.2) is 60.7 Å². The molecule has 1 atom stereocenters. The van der Waals surface area contributed by atoms with Crippen LogP contribution < -0.4 is 10.6 Å². The number of ether oxygens (including phenoxy) is 1. The molecular formula is C29H27Cl2F2N3O3. The summed E-state index contributed by atoms with van der Waals surface area (Å²) in [6, 6.07) is 15.4. The molecule has 0 saturated carbocycles. The standard InChI is InChI=1S/C29H27Cl2F2N3O3/c30-24-7-3-19(15-25(24)31)22(27(37)34-17-18-1-4-20(32)5-2-18)9-12-36-13-10-29(11-14-36)23-16-21(33)6-8-26(23)35-28(38)39-29/h1-8,15-16,22H,9-14,17H2,(H,34,37)(H,35,38). The first-order valence-electron chi connectivity index (χ1n) is 12.7. The van der Waals surface area contributed by atoms with Crippen molar-refractivity contribution >= 4 is 40.9 Å². The van der Waals surface area contributed by atoms with E-state index in [0.717, 1.165) is 11.1 Å². The number of hydrogen-bond acceptors (Lipinski definition) is 4. The maximum absolute atomic E-state index is 14.0. The molecule has 2 heterocycles. The molecule has 5 rings (SSSR count). The minimum Gasteiger partial charge on any atom is -0.438 e. The molecule has 2 N–H and O–H groups in total. The maximum atomic E-state index is 14.0. The van der Waals surface area contributed by atoms with Crippen LogP contribution in [0.1, 0.15) is 41.9 Å². The summed E-state index contributed by atoms with van der Waals surface area (Å²) < 4.78 is 33.0. The Labute approximate surface area is 235 Å². The molecule has 0 aromatic heterocycles. The van der Waals surface area contributed by atoms with Gasteiger partial charge >= 0.3 is 6.09 Å². The van der Waals surface area contributed by atoms with Crippen molar-refractivity contribution in [2.24, 2.45) is 0 Å². The summed E-state index contributed by atoms with van der Waals surface area (Å²) in [5.74, 6) is -1.40. The van der Waals surface area contributed by atoms with Gasteiger partial charge in [0.1, 0.15) is 17.2 Å². The highest BCUT2D eigenvalue weighted by atomic mass is 35.5. The number of carbonyl (C=O) groups excluding carboxylic acids is 2. The molecule has 39 heavy (non-hydrogen) atoms. The van der Waals surface area contributed by atoms with Gasteiger partial charge in [-0.15, -0.1) is 0 Å². The first-order valence-corrected chi connectivity index (χ1v) is 13.5. The fraction of sp³-hybridized carbons (Fsp3) is 0.310. The van der Waals surface area contributed by atoms with E-state index in [2.05, 4.69) is 15.5 Å². The second kappa shape index (κ2) is 11.5. The smallest absolute Gasteiger partial charge is 0.412 e. The highest BCUT2D eigenvalue weighted by molar-refractivity contribution is 6.42. The topological polar surface area (TPSA) is 70.7 Å². The molecule has 6 nitrogen and oxygen atoms in total. The molecule has 2 aliphatic heterocycles. The van der Waals surface area contributed by atoms with Gasteiger partial charge in [0, 0.05) is 38.0 Å². The average Bonchev–Trinajstić information content (AvgIpc) is 2.92. The van der Waals surface area contributed by atoms with Crippen LogP contribution >= 0.6 is 23.2 Å². The van der Waals surface area contributed by atoms with Crippen LogP contribution in [0.3, 0.4) is 0 Å². The molecule has 1 saturated heterocycles. The van der Waals surface area contributed by atoms with Crippen molar-refractivity contribution in [3.63, 3.8) is 0 Å². The number of nitrogens with zero attached hydrogens (tertiary/aromatic N) is 1. The van der Waals surface area contributed by atoms with E-state index in [-0.39, 0.29) is 24.1 Å². The van der Waals surface area contributed by atoms with E-state index >= 15 is 0 Å². The quantitative estimate of drug-likeness (QED) is 0.333. The van der Waals surface area contributed by atoms with Crippen LogP contribution in [0.25, 0.3) is 0 Å². The molecule has 1 unspecified atom stereocenters. The van der Waals surface area contributed by atoms with Gasteiger partial charge in [-0.3, -0.25) is 10.1 Å². The van der Waals surface area contributed by atoms with Crippen molar-refractivity contribution in [3.05, 3.63) is 99.0 Å². The van der Waals surface area contributed by atoms with E-state index in [1.165, 1.54) is 24.3 Å². The number of rotatable bonds is 7. The lowest BCUT2D eigenvalue weighted by Crippen LogP contribution is -2.48. The Morgan fingerprint density at radius 1 is 1.00 bits per heavy atom. The molecule has 0 radical (unpaired) electrons. The first-order chi connectivity index (χ1) is 18.7. The number of carbonyl (C=O) groups is 2. The summed E-state index contributed by atoms with van der Waals surface area (Å²) in [6.45, 7) is 2.08. The lowest BCUT2D eigenvalue weighted by molar-refractivity contribution is -0.123. The van der Waals surface area contributed by atoms with Crippen LogP contribution in [0.2, 0.25) is 10.0 Å². The van der Waals surface area contributed by atoms with E-state index < -0.39 is 17.6 Å². The molecule has 0 bridgehead atoms. The zero-order valence-corrected chi connectivity index (χ0v) is 22.5. The lowest BCUT2D eigenvalue weighted by Gasteiger charge is -2.44. The molecule has 1 fully saturated rings. The Morgan fingerprint density at radius 3 is 2.44 bits per heavy atom. The van der Waals surface area contributed by atoms with E-state index in [1.807, 2.05) is 0 Å². The van der Waals surface area contributed by atoms with Crippen molar-refractivity contribution in [1.82, 2.24) is 10.2 Å². The number of hydrogen-bond donors (Lipinski definition) is 2. The van der Waals surface area contributed by atoms with Gasteiger partial charge < -0.3 is 15.0 Å². The Bertz CT molecular complexity index is 1380. The zero-order chi connectivity index (χ0) is 27.6. The van der Waals surface area contributed by atoms with E-state index in [0.29, 0.717) is 60.2 Å². The molecule has 0 aliphatic carbocycles. The number of halogens is 4. The minimum atomic E-state index is -0.883. The van der Waals surface area contributed by atoms with Crippen molar-refractivity contribution in [3.8, 4) is 0 Å². The van der Waals surface area contributed by atoms with Crippen LogP contribution in [-0.2, 0) is 21.7 Å². The molecule has 204 valence electrons. The summed E-state index contributed by atoms with van der Waals surface area (Å²) in [5, 5.41) is 6.37. The van der Waals surface area contributed by atoms with Crippen molar-refractivity contribution in [1.29, 1.82) is 0 Å². The van der Waals surface area contributed by atoms with E-state index in [1.54, 1.807) is 36.4 Å². The SMILES string of the molecule is O=C1Nc2ccc(F)cc2C2(CCN(CCC(C(=O)NCc3ccc(F)cc3)c3ccc(Cl)c(Cl)c3)CC2)O1. The molecule has 3 aromatic rings. The zero-order valence-electron chi connectivity index (χ0n) is 21.0. The number of likely N-dealkylation sites (tertiary alicyclic amines) is 1. The van der Waals surface area contributed by atoms with Gasteiger partial charge in [0.25, 0.3) is 0 Å². The summed E-state index contributed by atoms with van der Waals surface area (Å²) in [7, 11) is 0. The highest BCUT2D eigenvalue weighted by Crippen LogP contribution is 2.44. The van der Waals surface area contributed by atoms with Crippen LogP contribution in [0.4, 0.5) is 19.3 Å². The maximum Gasteiger partial charge on any atom is 0.412 e. The highest BCUT2D eigenvalue weighted by Gasteiger charge is 2.44. The van der Waals surface area contributed by atoms with Crippen molar-refractivity contribution in [2.75, 3.05) is 25.0 Å². The molecule has 2 amide bonds. The van der Waals surface area contributed by atoms with E-state index in [4.69, 9.17) is 27.9 Å². The van der Waals surface area contributed by atoms with Crippen LogP contribution in [-0.4, -0.2) is 36.5 Å². The van der Waals surface area contributed by atoms with Gasteiger partial charge in [-0.1, -0.05) is 41.4 Å². The third-order valence-electron chi connectivity index (χ3n) is 7.44. The molecule has 10 heteroatoms. The monoisotopic (exact) mass is 573 g/mol. The Kier molecular flexibility index (Phi) is 8.07. The number of benzene rings is 3. The Morgan fingerprint density at radius 2 is 1.72 bits per heavy atom. The predicted molar refractivity (Wildman–Crippen MR) is 146 cm³/mol. The third kappa shape index (κ3) is 6.19. The second-order valence-corrected chi connectivity index (χ2v) is 10.7. The van der Waals surface area contributed by atoms with Gasteiger partial charge in [0.05, 0.1) is 21.7 Å². The van der Waals surface area contributed by atoms with Gasteiger partial charge in [-0.25, -0.2) is 13.6 Å². The fourth-order valence-corrected chi connectivity index (χ4v) is 5.59. The van der Waals surface area contributed by atoms with Gasteiger partial charge in [-0.2, -0.15) is 0 Å². The summed E-state index contributed by atoms with van der Waals surface area (Å²) in [6.07, 6.45) is 0.975. The predicted octanol–water partition coefficient (Wildman–Crippen LogP) is 6.62. The van der Waals surface area contributed by atoms with Crippen LogP contribution in [0.5, 0.6) is 0 Å². The van der Waals surface area contributed by atoms with Crippen molar-refractivity contribution in [2.45, 2.75) is 37.3 Å². The van der Waals surface area contributed by atoms with Crippen LogP contribution in [0, 0.1) is 11.6 Å². The Balaban J connectivity index is 1.26. The average molecular weight is 574 g/mol. The summed E-state index contributed by atoms with van der Waals surface area (Å²) in [5.41, 5.74) is 1.86. The van der Waals surface area contributed by atoms with E-state index in [9.17, 15) is 18.4 Å². The second-order valence-electron chi connectivity index (χ2n) is 9.90. The largest absolute Gasteiger partial charge is 0.438 e. The number of anilines is 1. The number of nitrogens with one attached hydrogen (secondary N) is 2. The number of amides is 2. The number of piperidine rings is 1. The molecule has 1 spiro atoms. The normalized spacial score (nSPS) is 17.2. The summed E-state index contributed by atoms with van der Waals surface area (Å²) in [4.78, 5) is 27.7. The summed E-state index contributed by atoms with van der Waals surface area (Å²) >= 11 is 12.4. The first kappa shape index (κ1) is 27.4. The molecular weight excluding hydrogens is 547 g/mol. The Hall–Kier alpha value is -3.20. The molecule has 3 aromatic carbocycles. The fourth-order valence-electron chi connectivity index (χ4n) is 5.28. The minimum absolute atomic E-state index is 0.178. The van der Waals surface area contributed by atoms with Gasteiger partial charge in [-0.05, 0) is 66.6 Å². The van der Waals surface area contributed by atoms with Crippen molar-refractivity contribution < 1.29 is 23.1 Å². The van der Waals surface area contributed by atoms with Gasteiger partial charge in [0.2, 0.25) is 5.91 Å². The van der Waals surface area contributed by atoms with Gasteiger partial charge in [0.15, 0.2) is 0 Å². The molecule has 2 aliphatic rings. The lowest BCUT2D eigenvalue weighted by atomic mass is 9.82. The third-order valence-corrected chi connectivity index (χ3v) is 8.18.